The first kappa shape index (κ1) is 27.3. The molecular formula is C25H45NO3Sn. The van der Waals surface area contributed by atoms with Crippen molar-refractivity contribution in [1.29, 1.82) is 0 Å². The summed E-state index contributed by atoms with van der Waals surface area (Å²) in [6, 6.07) is 9.08. The van der Waals surface area contributed by atoms with Crippen molar-refractivity contribution in [3.8, 4) is 0 Å². The Morgan fingerprint density at radius 1 is 0.967 bits per heavy atom. The van der Waals surface area contributed by atoms with Crippen LogP contribution < -0.4 is 5.32 Å². The molecule has 0 aromatic heterocycles. The van der Waals surface area contributed by atoms with Crippen molar-refractivity contribution in [2.75, 3.05) is 0 Å². The van der Waals surface area contributed by atoms with Crippen LogP contribution in [0.2, 0.25) is 13.3 Å². The first-order chi connectivity index (χ1) is 14.4. The minimum atomic E-state index is -2.65. The number of amides is 1. The molecule has 4 nitrogen and oxygen atoms in total. The molecule has 1 amide bonds. The van der Waals surface area contributed by atoms with Crippen LogP contribution in [-0.4, -0.2) is 39.7 Å². The third-order valence-electron chi connectivity index (χ3n) is 6.35. The molecule has 2 N–H and O–H groups in total. The van der Waals surface area contributed by atoms with Crippen molar-refractivity contribution in [2.24, 2.45) is 0 Å². The molecule has 0 saturated heterocycles. The second-order valence-electron chi connectivity index (χ2n) is 8.76. The monoisotopic (exact) mass is 527 g/mol. The summed E-state index contributed by atoms with van der Waals surface area (Å²) >= 11 is -2.65. The third-order valence-corrected chi connectivity index (χ3v) is 23.3. The fourth-order valence-corrected chi connectivity index (χ4v) is 21.9. The van der Waals surface area contributed by atoms with E-state index in [1.54, 1.807) is 0 Å². The summed E-state index contributed by atoms with van der Waals surface area (Å²) in [5.41, 5.74) is 0.805. The second-order valence-corrected chi connectivity index (χ2v) is 22.7. The Kier molecular flexibility index (Phi) is 13.7. The molecule has 0 bridgehead atoms. The Labute approximate surface area is 189 Å². The second kappa shape index (κ2) is 15.1. The van der Waals surface area contributed by atoms with Gasteiger partial charge in [0.1, 0.15) is 0 Å². The molecule has 172 valence electrons. The van der Waals surface area contributed by atoms with Gasteiger partial charge in [-0.15, -0.1) is 0 Å². The normalized spacial score (nSPS) is 14.7. The molecule has 0 saturated carbocycles. The number of carbonyl (C=O) groups excluding carboxylic acids is 1. The summed E-state index contributed by atoms with van der Waals surface area (Å²) in [4.78, 5) is 12.8. The van der Waals surface area contributed by atoms with E-state index < -0.39 is 30.5 Å². The summed E-state index contributed by atoms with van der Waals surface area (Å²) in [5, 5.41) is 13.5. The van der Waals surface area contributed by atoms with E-state index in [9.17, 15) is 9.90 Å². The van der Waals surface area contributed by atoms with Gasteiger partial charge in [0.2, 0.25) is 0 Å². The minimum absolute atomic E-state index is 0.116. The first-order valence-corrected chi connectivity index (χ1v) is 19.8. The van der Waals surface area contributed by atoms with Gasteiger partial charge in [0.25, 0.3) is 0 Å². The topological polar surface area (TPSA) is 58.6 Å². The molecule has 0 spiro atoms. The van der Waals surface area contributed by atoms with Gasteiger partial charge >= 0.3 is 189 Å². The molecule has 0 fully saturated rings. The van der Waals surface area contributed by atoms with E-state index >= 15 is 0 Å². The zero-order valence-electron chi connectivity index (χ0n) is 20.0. The molecule has 0 radical (unpaired) electrons. The van der Waals surface area contributed by atoms with Gasteiger partial charge in [0.05, 0.1) is 0 Å². The van der Waals surface area contributed by atoms with E-state index in [2.05, 4.69) is 33.0 Å². The number of carbonyl (C=O) groups is 1. The van der Waals surface area contributed by atoms with Gasteiger partial charge in [-0.25, -0.2) is 0 Å². The number of alkyl carbamates (subject to hydrolysis) is 1. The summed E-state index contributed by atoms with van der Waals surface area (Å²) in [6.45, 7) is 10.8. The molecular weight excluding hydrogens is 481 g/mol. The molecule has 0 aliphatic carbocycles. The molecule has 3 atom stereocenters. The molecule has 0 unspecified atom stereocenters. The molecule has 30 heavy (non-hydrogen) atoms. The Morgan fingerprint density at radius 3 is 1.90 bits per heavy atom. The maximum atomic E-state index is 12.8. The van der Waals surface area contributed by atoms with Crippen LogP contribution >= 0.6 is 0 Å². The van der Waals surface area contributed by atoms with E-state index in [4.69, 9.17) is 4.74 Å². The summed E-state index contributed by atoms with van der Waals surface area (Å²) in [7, 11) is 0. The Balaban J connectivity index is 2.88. The number of hydrogen-bond acceptors (Lipinski definition) is 3. The maximum absolute atomic E-state index is 12.8. The zero-order valence-corrected chi connectivity index (χ0v) is 22.8. The molecule has 0 aliphatic heterocycles. The predicted molar refractivity (Wildman–Crippen MR) is 129 cm³/mol. The fraction of sp³-hybridized carbons (Fsp3) is 0.720. The summed E-state index contributed by atoms with van der Waals surface area (Å²) < 4.78 is 10.2. The van der Waals surface area contributed by atoms with E-state index in [-0.39, 0.29) is 10.2 Å². The quantitative estimate of drug-likeness (QED) is 0.242. The molecule has 5 heteroatoms. The number of rotatable bonds is 15. The van der Waals surface area contributed by atoms with Gasteiger partial charge in [-0.2, -0.15) is 0 Å². The average Bonchev–Trinajstić information content (AvgIpc) is 2.77. The van der Waals surface area contributed by atoms with Gasteiger partial charge in [0.15, 0.2) is 0 Å². The van der Waals surface area contributed by atoms with Crippen LogP contribution in [0.1, 0.15) is 91.2 Å². The van der Waals surface area contributed by atoms with Gasteiger partial charge in [-0.1, -0.05) is 0 Å². The van der Waals surface area contributed by atoms with Crippen molar-refractivity contribution >= 4 is 24.5 Å². The predicted octanol–water partition coefficient (Wildman–Crippen LogP) is 7.00. The number of hydrogen-bond donors (Lipinski definition) is 2. The molecule has 1 aromatic carbocycles. The van der Waals surface area contributed by atoms with Crippen molar-refractivity contribution in [1.82, 2.24) is 5.32 Å². The van der Waals surface area contributed by atoms with E-state index in [0.717, 1.165) is 12.0 Å². The van der Waals surface area contributed by atoms with Crippen LogP contribution in [0.15, 0.2) is 30.3 Å². The zero-order chi connectivity index (χ0) is 22.4. The number of nitrogens with one attached hydrogen (secondary N) is 1. The average molecular weight is 526 g/mol. The van der Waals surface area contributed by atoms with Gasteiger partial charge < -0.3 is 0 Å². The van der Waals surface area contributed by atoms with E-state index in [1.165, 1.54) is 51.8 Å². The Bertz CT molecular complexity index is 559. The Hall–Kier alpha value is -0.751. The number of aliphatic hydroxyl groups is 1. The summed E-state index contributed by atoms with van der Waals surface area (Å²) in [5.74, 6) is 0. The van der Waals surface area contributed by atoms with Gasteiger partial charge in [-0.3, -0.25) is 0 Å². The number of benzene rings is 1. The van der Waals surface area contributed by atoms with Gasteiger partial charge in [0, 0.05) is 0 Å². The van der Waals surface area contributed by atoms with Crippen LogP contribution in [-0.2, 0) is 4.74 Å². The van der Waals surface area contributed by atoms with Crippen LogP contribution in [0, 0.1) is 0 Å². The summed E-state index contributed by atoms with van der Waals surface area (Å²) in [6.07, 6.45) is 7.20. The number of unbranched alkanes of at least 4 members (excludes halogenated alkanes) is 3. The molecule has 1 aromatic rings. The molecule has 1 rings (SSSR count). The van der Waals surface area contributed by atoms with Gasteiger partial charge in [-0.05, 0) is 0 Å². The van der Waals surface area contributed by atoms with Crippen LogP contribution in [0.25, 0.3) is 0 Å². The van der Waals surface area contributed by atoms with Crippen LogP contribution in [0.4, 0.5) is 4.79 Å². The van der Waals surface area contributed by atoms with Crippen LogP contribution in [0.5, 0.6) is 0 Å². The van der Waals surface area contributed by atoms with Crippen LogP contribution in [0.3, 0.4) is 0 Å². The van der Waals surface area contributed by atoms with Crippen molar-refractivity contribution in [2.45, 2.75) is 109 Å². The molecule has 0 heterocycles. The number of ether oxygens (including phenoxy) is 1. The number of aliphatic hydroxyl groups excluding tert-OH is 1. The van der Waals surface area contributed by atoms with E-state index in [0.29, 0.717) is 0 Å². The SMILES string of the molecule is CCC[CH2][Sn]([CH2]CCC)([CH2]CCC)[C@@H](CC)OC(=O)N[C@H](C)[C@@H](O)c1ccccc1. The molecule has 0 aliphatic rings. The van der Waals surface area contributed by atoms with Crippen molar-refractivity contribution in [3.63, 3.8) is 0 Å². The third kappa shape index (κ3) is 8.78. The van der Waals surface area contributed by atoms with Crippen molar-refractivity contribution in [3.05, 3.63) is 35.9 Å². The van der Waals surface area contributed by atoms with Crippen molar-refractivity contribution < 1.29 is 14.6 Å². The fourth-order valence-electron chi connectivity index (χ4n) is 4.45. The first-order valence-electron chi connectivity index (χ1n) is 12.1. The standard InChI is InChI=1S/C13H18NO3.3C4H9.Sn/c1-3-9-17-13(16)14-10(2)12(15)11-7-5-4-6-8-11;3*1-3-4-2;/h4-10,12,15H,3H2,1-2H3,(H,14,16);3*1,3-4H2,2H3;/t10-,12-;;;;/m1..../s1. The van der Waals surface area contributed by atoms with E-state index in [1.807, 2.05) is 37.3 Å². The Morgan fingerprint density at radius 2 is 1.47 bits per heavy atom.